The first-order valence-electron chi connectivity index (χ1n) is 9.63. The van der Waals surface area contributed by atoms with Crippen molar-refractivity contribution in [3.05, 3.63) is 24.3 Å². The molecule has 4 nitrogen and oxygen atoms in total. The van der Waals surface area contributed by atoms with E-state index in [9.17, 15) is 9.59 Å². The lowest BCUT2D eigenvalue weighted by Crippen LogP contribution is -2.38. The van der Waals surface area contributed by atoms with Crippen LogP contribution >= 0.6 is 11.8 Å². The minimum atomic E-state index is -0.0473. The average Bonchev–Trinajstić information content (AvgIpc) is 2.63. The summed E-state index contributed by atoms with van der Waals surface area (Å²) >= 11 is 1.16. The van der Waals surface area contributed by atoms with E-state index in [1.54, 1.807) is 0 Å². The maximum Gasteiger partial charge on any atom is 0.230 e. The van der Waals surface area contributed by atoms with Gasteiger partial charge in [0, 0.05) is 24.5 Å². The normalized spacial score (nSPS) is 15.2. The number of thioether (sulfide) groups is 1. The molecule has 0 bridgehead atoms. The lowest BCUT2D eigenvalue weighted by Gasteiger charge is -2.31. The number of anilines is 1. The Labute approximate surface area is 161 Å². The second-order valence-electron chi connectivity index (χ2n) is 7.38. The van der Waals surface area contributed by atoms with Crippen molar-refractivity contribution in [2.75, 3.05) is 25.2 Å². The third-order valence-electron chi connectivity index (χ3n) is 4.79. The van der Waals surface area contributed by atoms with E-state index in [4.69, 9.17) is 4.74 Å². The minimum absolute atomic E-state index is 0.0473. The van der Waals surface area contributed by atoms with Crippen LogP contribution in [0.2, 0.25) is 0 Å². The Hall–Kier alpha value is -1.33. The van der Waals surface area contributed by atoms with Crippen molar-refractivity contribution >= 4 is 28.5 Å². The van der Waals surface area contributed by atoms with Crippen molar-refractivity contribution in [3.63, 3.8) is 0 Å². The Morgan fingerprint density at radius 2 is 1.88 bits per heavy atom. The van der Waals surface area contributed by atoms with Crippen LogP contribution < -0.4 is 4.90 Å². The van der Waals surface area contributed by atoms with Gasteiger partial charge in [-0.3, -0.25) is 9.59 Å². The number of hydrogen-bond donors (Lipinski definition) is 0. The summed E-state index contributed by atoms with van der Waals surface area (Å²) in [5, 5.41) is -0.0473. The van der Waals surface area contributed by atoms with Crippen LogP contribution in [0.5, 0.6) is 0 Å². The highest BCUT2D eigenvalue weighted by atomic mass is 32.2. The molecule has 26 heavy (non-hydrogen) atoms. The highest BCUT2D eigenvalue weighted by Crippen LogP contribution is 2.34. The summed E-state index contributed by atoms with van der Waals surface area (Å²) in [5.41, 5.74) is 0.859. The number of para-hydroxylation sites is 1. The first kappa shape index (κ1) is 21.0. The zero-order valence-electron chi connectivity index (χ0n) is 16.2. The summed E-state index contributed by atoms with van der Waals surface area (Å²) in [4.78, 5) is 28.1. The molecule has 0 atom stereocenters. The van der Waals surface area contributed by atoms with Gasteiger partial charge in [-0.15, -0.1) is 0 Å². The van der Waals surface area contributed by atoms with E-state index in [0.29, 0.717) is 12.5 Å². The van der Waals surface area contributed by atoms with E-state index in [1.807, 2.05) is 29.2 Å². The molecular formula is C21H31NO3S. The Morgan fingerprint density at radius 3 is 2.54 bits per heavy atom. The van der Waals surface area contributed by atoms with Crippen molar-refractivity contribution in [2.24, 2.45) is 11.8 Å². The van der Waals surface area contributed by atoms with Gasteiger partial charge in [0.25, 0.3) is 0 Å². The molecular weight excluding hydrogens is 346 g/mol. The highest BCUT2D eigenvalue weighted by molar-refractivity contribution is 8.13. The smallest absolute Gasteiger partial charge is 0.230 e. The second kappa shape index (κ2) is 10.7. The maximum absolute atomic E-state index is 13.3. The lowest BCUT2D eigenvalue weighted by molar-refractivity contribution is -0.123. The van der Waals surface area contributed by atoms with Gasteiger partial charge < -0.3 is 9.64 Å². The summed E-state index contributed by atoms with van der Waals surface area (Å²) in [6.07, 6.45) is 6.41. The quantitative estimate of drug-likeness (QED) is 0.604. The van der Waals surface area contributed by atoms with Crippen molar-refractivity contribution in [2.45, 2.75) is 57.3 Å². The number of ether oxygens (including phenoxy) is 1. The molecule has 0 saturated heterocycles. The molecule has 144 valence electrons. The second-order valence-corrected chi connectivity index (χ2v) is 8.48. The van der Waals surface area contributed by atoms with E-state index in [0.717, 1.165) is 54.4 Å². The minimum Gasteiger partial charge on any atom is -0.376 e. The molecule has 0 heterocycles. The summed E-state index contributed by atoms with van der Waals surface area (Å²) < 4.78 is 4.95. The molecule has 0 aromatic heterocycles. The molecule has 1 fully saturated rings. The van der Waals surface area contributed by atoms with Crippen LogP contribution in [0.4, 0.5) is 5.69 Å². The van der Waals surface area contributed by atoms with Crippen LogP contribution in [-0.2, 0) is 14.3 Å². The van der Waals surface area contributed by atoms with Crippen LogP contribution in [0.25, 0.3) is 0 Å². The van der Waals surface area contributed by atoms with Gasteiger partial charge in [-0.1, -0.05) is 45.2 Å². The van der Waals surface area contributed by atoms with Gasteiger partial charge in [0.2, 0.25) is 11.0 Å². The molecule has 0 aliphatic heterocycles. The van der Waals surface area contributed by atoms with E-state index in [2.05, 4.69) is 13.8 Å². The Balaban J connectivity index is 2.26. The molecule has 0 spiro atoms. The number of carbonyl (C=O) groups excluding carboxylic acids is 2. The topological polar surface area (TPSA) is 46.6 Å². The van der Waals surface area contributed by atoms with Gasteiger partial charge in [-0.2, -0.15) is 0 Å². The molecule has 0 radical (unpaired) electrons. The predicted octanol–water partition coefficient (Wildman–Crippen LogP) is 4.91. The maximum atomic E-state index is 13.3. The number of benzene rings is 1. The fraction of sp³-hybridized carbons (Fsp3) is 0.619. The van der Waals surface area contributed by atoms with E-state index in [1.165, 1.54) is 13.5 Å². The largest absolute Gasteiger partial charge is 0.376 e. The summed E-state index contributed by atoms with van der Waals surface area (Å²) in [6, 6.07) is 7.74. The van der Waals surface area contributed by atoms with Gasteiger partial charge >= 0.3 is 0 Å². The monoisotopic (exact) mass is 377 g/mol. The van der Waals surface area contributed by atoms with E-state index >= 15 is 0 Å². The number of carbonyl (C=O) groups is 2. The zero-order chi connectivity index (χ0) is 18.9. The van der Waals surface area contributed by atoms with Gasteiger partial charge in [-0.25, -0.2) is 0 Å². The molecule has 1 amide bonds. The van der Waals surface area contributed by atoms with Crippen LogP contribution in [0, 0.1) is 11.8 Å². The summed E-state index contributed by atoms with van der Waals surface area (Å²) in [7, 11) is 1.52. The highest BCUT2D eigenvalue weighted by Gasteiger charge is 2.28. The fourth-order valence-corrected chi connectivity index (χ4v) is 4.19. The van der Waals surface area contributed by atoms with Gasteiger partial charge in [0.15, 0.2) is 0 Å². The Kier molecular flexibility index (Phi) is 8.66. The molecule has 1 aromatic rings. The van der Waals surface area contributed by atoms with Crippen LogP contribution in [0.1, 0.15) is 52.4 Å². The Bertz CT molecular complexity index is 597. The number of methoxy groups -OCH3 is 1. The van der Waals surface area contributed by atoms with Gasteiger partial charge in [-0.05, 0) is 49.1 Å². The third kappa shape index (κ3) is 6.13. The Morgan fingerprint density at radius 1 is 1.19 bits per heavy atom. The molecule has 0 N–H and O–H groups in total. The van der Waals surface area contributed by atoms with Gasteiger partial charge in [0.05, 0.1) is 5.69 Å². The first-order chi connectivity index (χ1) is 12.5. The zero-order valence-corrected chi connectivity index (χ0v) is 17.0. The standard InChI is InChI=1S/C21H31NO3S/c1-16(2)13-14-22(21(24)17-9-5-4-6-10-17)18-11-7-8-12-19(18)26-20(23)15-25-3/h7-8,11-12,16-17H,4-6,9-10,13-15H2,1-3H3. The summed E-state index contributed by atoms with van der Waals surface area (Å²) in [5.74, 6) is 0.854. The van der Waals surface area contributed by atoms with Crippen molar-refractivity contribution in [1.29, 1.82) is 0 Å². The lowest BCUT2D eigenvalue weighted by atomic mass is 9.88. The molecule has 1 aromatic carbocycles. The number of rotatable bonds is 8. The van der Waals surface area contributed by atoms with E-state index in [-0.39, 0.29) is 23.5 Å². The first-order valence-corrected chi connectivity index (χ1v) is 10.4. The third-order valence-corrected chi connectivity index (χ3v) is 5.70. The average molecular weight is 378 g/mol. The fourth-order valence-electron chi connectivity index (χ4n) is 3.34. The van der Waals surface area contributed by atoms with Crippen molar-refractivity contribution in [1.82, 2.24) is 0 Å². The van der Waals surface area contributed by atoms with Crippen LogP contribution in [0.3, 0.4) is 0 Å². The van der Waals surface area contributed by atoms with Gasteiger partial charge in [0.1, 0.15) is 6.61 Å². The van der Waals surface area contributed by atoms with Crippen LogP contribution in [-0.4, -0.2) is 31.3 Å². The van der Waals surface area contributed by atoms with E-state index < -0.39 is 0 Å². The molecule has 1 saturated carbocycles. The number of amides is 1. The molecule has 1 aliphatic rings. The SMILES string of the molecule is COCC(=O)Sc1ccccc1N(CCC(C)C)C(=O)C1CCCCC1. The van der Waals surface area contributed by atoms with Crippen molar-refractivity contribution in [3.8, 4) is 0 Å². The molecule has 2 rings (SSSR count). The van der Waals surface area contributed by atoms with Crippen molar-refractivity contribution < 1.29 is 14.3 Å². The number of nitrogens with zero attached hydrogens (tertiary/aromatic N) is 1. The molecule has 0 unspecified atom stereocenters. The number of hydrogen-bond acceptors (Lipinski definition) is 4. The molecule has 5 heteroatoms. The summed E-state index contributed by atoms with van der Waals surface area (Å²) in [6.45, 7) is 5.11. The van der Waals surface area contributed by atoms with Crippen LogP contribution in [0.15, 0.2) is 29.2 Å². The predicted molar refractivity (Wildman–Crippen MR) is 108 cm³/mol. The molecule has 1 aliphatic carbocycles.